The van der Waals surface area contributed by atoms with Crippen molar-refractivity contribution in [1.29, 1.82) is 0 Å². The fourth-order valence-electron chi connectivity index (χ4n) is 2.19. The summed E-state index contributed by atoms with van der Waals surface area (Å²) in [4.78, 5) is 25.5. The van der Waals surface area contributed by atoms with Gasteiger partial charge in [0.2, 0.25) is 0 Å². The van der Waals surface area contributed by atoms with E-state index in [2.05, 4.69) is 15.9 Å². The van der Waals surface area contributed by atoms with E-state index >= 15 is 0 Å². The third-order valence-electron chi connectivity index (χ3n) is 3.12. The predicted molar refractivity (Wildman–Crippen MR) is 76.1 cm³/mol. The summed E-state index contributed by atoms with van der Waals surface area (Å²) in [6, 6.07) is 14.9. The van der Waals surface area contributed by atoms with E-state index in [0.29, 0.717) is 17.8 Å². The van der Waals surface area contributed by atoms with Crippen molar-refractivity contribution >= 4 is 33.3 Å². The second-order valence-electron chi connectivity index (χ2n) is 4.37. The smallest absolute Gasteiger partial charge is 0.299 e. The minimum Gasteiger partial charge on any atom is -0.300 e. The van der Waals surface area contributed by atoms with Gasteiger partial charge in [-0.05, 0) is 23.8 Å². The van der Waals surface area contributed by atoms with Crippen molar-refractivity contribution in [2.45, 2.75) is 6.54 Å². The lowest BCUT2D eigenvalue weighted by molar-refractivity contribution is -0.114. The summed E-state index contributed by atoms with van der Waals surface area (Å²) < 4.78 is 0.854. The number of rotatable bonds is 2. The molecule has 2 aromatic carbocycles. The van der Waals surface area contributed by atoms with Crippen LogP contribution in [0, 0.1) is 0 Å². The van der Waals surface area contributed by atoms with Crippen LogP contribution in [0.1, 0.15) is 15.9 Å². The van der Waals surface area contributed by atoms with Crippen molar-refractivity contribution in [1.82, 2.24) is 0 Å². The zero-order chi connectivity index (χ0) is 13.4. The average molecular weight is 316 g/mol. The van der Waals surface area contributed by atoms with E-state index in [0.717, 1.165) is 10.0 Å². The SMILES string of the molecule is O=C1C(=O)N(Cc2ccccc2)c2cc(Br)ccc21. The Morgan fingerprint density at radius 2 is 1.74 bits per heavy atom. The first-order chi connectivity index (χ1) is 9.16. The second kappa shape index (κ2) is 4.63. The summed E-state index contributed by atoms with van der Waals surface area (Å²) in [6.45, 7) is 0.412. The van der Waals surface area contributed by atoms with Crippen LogP contribution in [0.15, 0.2) is 53.0 Å². The van der Waals surface area contributed by atoms with E-state index in [1.165, 1.54) is 4.90 Å². The van der Waals surface area contributed by atoms with Crippen LogP contribution in [0.5, 0.6) is 0 Å². The largest absolute Gasteiger partial charge is 0.300 e. The Kier molecular flexibility index (Phi) is 2.95. The van der Waals surface area contributed by atoms with Gasteiger partial charge in [-0.25, -0.2) is 0 Å². The topological polar surface area (TPSA) is 37.4 Å². The molecule has 0 unspecified atom stereocenters. The number of anilines is 1. The van der Waals surface area contributed by atoms with Crippen LogP contribution in [-0.4, -0.2) is 11.7 Å². The fraction of sp³-hybridized carbons (Fsp3) is 0.0667. The molecule has 0 radical (unpaired) electrons. The first kappa shape index (κ1) is 12.1. The first-order valence-corrected chi connectivity index (χ1v) is 6.66. The lowest BCUT2D eigenvalue weighted by atomic mass is 10.1. The van der Waals surface area contributed by atoms with Crippen LogP contribution in [0.3, 0.4) is 0 Å². The number of ketones is 1. The molecule has 1 heterocycles. The molecule has 1 aliphatic rings. The zero-order valence-electron chi connectivity index (χ0n) is 9.97. The van der Waals surface area contributed by atoms with Gasteiger partial charge in [-0.15, -0.1) is 0 Å². The van der Waals surface area contributed by atoms with Crippen molar-refractivity contribution in [2.75, 3.05) is 4.90 Å². The van der Waals surface area contributed by atoms with Crippen LogP contribution < -0.4 is 4.90 Å². The molecule has 19 heavy (non-hydrogen) atoms. The molecular formula is C15H10BrNO2. The Labute approximate surface area is 119 Å². The third-order valence-corrected chi connectivity index (χ3v) is 3.61. The number of Topliss-reactive ketones (excluding diaryl/α,β-unsaturated/α-hetero) is 1. The van der Waals surface area contributed by atoms with E-state index in [9.17, 15) is 9.59 Å². The first-order valence-electron chi connectivity index (χ1n) is 5.86. The van der Waals surface area contributed by atoms with E-state index < -0.39 is 11.7 Å². The van der Waals surface area contributed by atoms with Gasteiger partial charge in [0.1, 0.15) is 0 Å². The average Bonchev–Trinajstić information content (AvgIpc) is 2.65. The van der Waals surface area contributed by atoms with E-state index in [-0.39, 0.29) is 0 Å². The van der Waals surface area contributed by atoms with Crippen LogP contribution in [0.4, 0.5) is 5.69 Å². The van der Waals surface area contributed by atoms with Crippen molar-refractivity contribution in [3.63, 3.8) is 0 Å². The normalized spacial score (nSPS) is 13.8. The fourth-order valence-corrected chi connectivity index (χ4v) is 2.54. The number of hydrogen-bond acceptors (Lipinski definition) is 2. The number of fused-ring (bicyclic) bond motifs is 1. The summed E-state index contributed by atoms with van der Waals surface area (Å²) in [5.74, 6) is -0.893. The molecule has 0 saturated carbocycles. The summed E-state index contributed by atoms with van der Waals surface area (Å²) >= 11 is 3.37. The highest BCUT2D eigenvalue weighted by atomic mass is 79.9. The molecule has 94 valence electrons. The molecule has 3 rings (SSSR count). The number of halogens is 1. The molecule has 3 nitrogen and oxygen atoms in total. The van der Waals surface area contributed by atoms with Crippen LogP contribution in [0.25, 0.3) is 0 Å². The number of nitrogens with zero attached hydrogens (tertiary/aromatic N) is 1. The van der Waals surface area contributed by atoms with Gasteiger partial charge < -0.3 is 4.90 Å². The second-order valence-corrected chi connectivity index (χ2v) is 5.28. The summed E-state index contributed by atoms with van der Waals surface area (Å²) in [6.07, 6.45) is 0. The maximum Gasteiger partial charge on any atom is 0.299 e. The monoisotopic (exact) mass is 315 g/mol. The number of amides is 1. The van der Waals surface area contributed by atoms with Crippen molar-refractivity contribution in [3.8, 4) is 0 Å². The minimum atomic E-state index is -0.461. The highest BCUT2D eigenvalue weighted by molar-refractivity contribution is 9.10. The Bertz CT molecular complexity index is 667. The van der Waals surface area contributed by atoms with Crippen LogP contribution in [-0.2, 0) is 11.3 Å². The number of hydrogen-bond donors (Lipinski definition) is 0. The van der Waals surface area contributed by atoms with Gasteiger partial charge in [0.15, 0.2) is 0 Å². The molecular weight excluding hydrogens is 306 g/mol. The Morgan fingerprint density at radius 3 is 2.47 bits per heavy atom. The molecule has 0 atom stereocenters. The lowest BCUT2D eigenvalue weighted by Gasteiger charge is -2.16. The van der Waals surface area contributed by atoms with Crippen molar-refractivity contribution in [2.24, 2.45) is 0 Å². The van der Waals surface area contributed by atoms with Crippen LogP contribution in [0.2, 0.25) is 0 Å². The molecule has 0 spiro atoms. The molecule has 0 aliphatic carbocycles. The highest BCUT2D eigenvalue weighted by Crippen LogP contribution is 2.32. The van der Waals surface area contributed by atoms with E-state index in [1.54, 1.807) is 18.2 Å². The van der Waals surface area contributed by atoms with Gasteiger partial charge in [0, 0.05) is 4.47 Å². The van der Waals surface area contributed by atoms with Crippen molar-refractivity contribution in [3.05, 3.63) is 64.1 Å². The molecule has 0 N–H and O–H groups in total. The lowest BCUT2D eigenvalue weighted by Crippen LogP contribution is -2.29. The summed E-state index contributed by atoms with van der Waals surface area (Å²) in [5, 5.41) is 0. The number of carbonyl (C=O) groups is 2. The Hall–Kier alpha value is -1.94. The van der Waals surface area contributed by atoms with Gasteiger partial charge in [0.25, 0.3) is 11.7 Å². The van der Waals surface area contributed by atoms with Gasteiger partial charge in [-0.3, -0.25) is 9.59 Å². The molecule has 1 aliphatic heterocycles. The standard InChI is InChI=1S/C15H10BrNO2/c16-11-6-7-12-13(8-11)17(15(19)14(12)18)9-10-4-2-1-3-5-10/h1-8H,9H2. The predicted octanol–water partition coefficient (Wildman–Crippen LogP) is 3.18. The van der Waals surface area contributed by atoms with Gasteiger partial charge in [-0.1, -0.05) is 46.3 Å². The number of carbonyl (C=O) groups excluding carboxylic acids is 2. The molecule has 2 aromatic rings. The molecule has 0 fully saturated rings. The van der Waals surface area contributed by atoms with Gasteiger partial charge >= 0.3 is 0 Å². The van der Waals surface area contributed by atoms with Crippen molar-refractivity contribution < 1.29 is 9.59 Å². The molecule has 0 bridgehead atoms. The highest BCUT2D eigenvalue weighted by Gasteiger charge is 2.35. The molecule has 0 saturated heterocycles. The maximum atomic E-state index is 12.0. The Balaban J connectivity index is 2.01. The minimum absolute atomic E-state index is 0.412. The van der Waals surface area contributed by atoms with Crippen LogP contribution >= 0.6 is 15.9 Å². The van der Waals surface area contributed by atoms with Gasteiger partial charge in [-0.2, -0.15) is 0 Å². The quantitative estimate of drug-likeness (QED) is 0.798. The molecule has 4 heteroatoms. The summed E-state index contributed by atoms with van der Waals surface area (Å²) in [7, 11) is 0. The van der Waals surface area contributed by atoms with E-state index in [1.807, 2.05) is 30.3 Å². The Morgan fingerprint density at radius 1 is 1.00 bits per heavy atom. The molecule has 1 amide bonds. The number of benzene rings is 2. The van der Waals surface area contributed by atoms with E-state index in [4.69, 9.17) is 0 Å². The maximum absolute atomic E-state index is 12.0. The third kappa shape index (κ3) is 2.08. The summed E-state index contributed by atoms with van der Waals surface area (Å²) in [5.41, 5.74) is 2.15. The zero-order valence-corrected chi connectivity index (χ0v) is 11.6. The molecule has 0 aromatic heterocycles. The van der Waals surface area contributed by atoms with Gasteiger partial charge in [0.05, 0.1) is 17.8 Å².